The molecule has 1 N–H and O–H groups in total. The third-order valence-electron chi connectivity index (χ3n) is 5.56. The van der Waals surface area contributed by atoms with Gasteiger partial charge in [-0.05, 0) is 41.2 Å². The van der Waals surface area contributed by atoms with Gasteiger partial charge in [-0.15, -0.1) is 0 Å². The van der Waals surface area contributed by atoms with Crippen LogP contribution >= 0.6 is 0 Å². The molecule has 0 bridgehead atoms. The molecule has 3 aromatic rings. The first kappa shape index (κ1) is 20.6. The van der Waals surface area contributed by atoms with Crippen molar-refractivity contribution >= 4 is 18.0 Å². The summed E-state index contributed by atoms with van der Waals surface area (Å²) in [6.07, 6.45) is 4.09. The molecule has 1 amide bonds. The van der Waals surface area contributed by atoms with E-state index in [0.717, 1.165) is 5.56 Å². The lowest BCUT2D eigenvalue weighted by Crippen LogP contribution is -2.26. The molecule has 0 saturated heterocycles. The maximum absolute atomic E-state index is 12.2. The second-order valence-electron chi connectivity index (χ2n) is 7.59. The Bertz CT molecular complexity index is 1090. The molecule has 156 valence electrons. The molecule has 4 heteroatoms. The second kappa shape index (κ2) is 9.43. The number of nitrogens with one attached hydrogen (secondary N) is 1. The van der Waals surface area contributed by atoms with Crippen LogP contribution < -0.4 is 5.32 Å². The number of carbonyl (C=O) groups excluding carboxylic acids is 2. The van der Waals surface area contributed by atoms with Crippen molar-refractivity contribution in [1.29, 1.82) is 0 Å². The minimum absolute atomic E-state index is 0.0389. The van der Waals surface area contributed by atoms with Crippen LogP contribution in [0.4, 0.5) is 4.79 Å². The van der Waals surface area contributed by atoms with Crippen LogP contribution in [0.2, 0.25) is 0 Å². The summed E-state index contributed by atoms with van der Waals surface area (Å²) in [4.78, 5) is 23.9. The molecular weight excluding hydrogens is 386 g/mol. The number of ketones is 1. The normalized spacial score (nSPS) is 12.4. The standard InChI is InChI=1S/C27H25NO3/c1-19(29)21-12-3-2-10-20(21)11-8-9-17-28-27(30)31-18-26-24-15-6-4-13-22(24)23-14-5-7-16-25(23)26/h2-8,10-16,26H,9,17-18H2,1H3,(H,28,30). The van der Waals surface area contributed by atoms with Crippen molar-refractivity contribution in [2.24, 2.45) is 0 Å². The Labute approximate surface area is 182 Å². The van der Waals surface area contributed by atoms with Crippen molar-refractivity contribution in [3.8, 4) is 11.1 Å². The van der Waals surface area contributed by atoms with Crippen LogP contribution in [0, 0.1) is 0 Å². The van der Waals surface area contributed by atoms with Crippen LogP contribution in [0.5, 0.6) is 0 Å². The van der Waals surface area contributed by atoms with E-state index < -0.39 is 6.09 Å². The average Bonchev–Trinajstić information content (AvgIpc) is 3.11. The van der Waals surface area contributed by atoms with Crippen LogP contribution in [0.15, 0.2) is 78.9 Å². The fourth-order valence-electron chi connectivity index (χ4n) is 4.08. The van der Waals surface area contributed by atoms with E-state index >= 15 is 0 Å². The van der Waals surface area contributed by atoms with Crippen LogP contribution in [0.25, 0.3) is 17.2 Å². The highest BCUT2D eigenvalue weighted by molar-refractivity contribution is 5.97. The number of amides is 1. The number of ether oxygens (including phenoxy) is 1. The van der Waals surface area contributed by atoms with Gasteiger partial charge in [-0.25, -0.2) is 4.79 Å². The minimum Gasteiger partial charge on any atom is -0.449 e. The van der Waals surface area contributed by atoms with Gasteiger partial charge in [0.05, 0.1) is 0 Å². The molecule has 1 aliphatic carbocycles. The number of hydrogen-bond donors (Lipinski definition) is 1. The van der Waals surface area contributed by atoms with Crippen molar-refractivity contribution in [3.63, 3.8) is 0 Å². The van der Waals surface area contributed by atoms with Crippen molar-refractivity contribution in [3.05, 3.63) is 101 Å². The van der Waals surface area contributed by atoms with Gasteiger partial charge in [-0.1, -0.05) is 84.9 Å². The third kappa shape index (κ3) is 4.58. The van der Waals surface area contributed by atoms with Gasteiger partial charge in [0.1, 0.15) is 6.61 Å². The Morgan fingerprint density at radius 3 is 2.19 bits per heavy atom. The zero-order chi connectivity index (χ0) is 21.6. The molecule has 3 aromatic carbocycles. The molecule has 0 fully saturated rings. The smallest absolute Gasteiger partial charge is 0.407 e. The van der Waals surface area contributed by atoms with E-state index in [2.05, 4.69) is 29.6 Å². The fourth-order valence-corrected chi connectivity index (χ4v) is 4.08. The maximum Gasteiger partial charge on any atom is 0.407 e. The predicted octanol–water partition coefficient (Wildman–Crippen LogP) is 5.83. The molecular formula is C27H25NO3. The number of fused-ring (bicyclic) bond motifs is 3. The van der Waals surface area contributed by atoms with Crippen molar-refractivity contribution in [2.45, 2.75) is 19.3 Å². The highest BCUT2D eigenvalue weighted by Gasteiger charge is 2.28. The lowest BCUT2D eigenvalue weighted by Gasteiger charge is -2.14. The first-order chi connectivity index (χ1) is 15.1. The number of benzene rings is 3. The van der Waals surface area contributed by atoms with E-state index in [-0.39, 0.29) is 11.7 Å². The van der Waals surface area contributed by atoms with Crippen molar-refractivity contribution in [2.75, 3.05) is 13.2 Å². The van der Waals surface area contributed by atoms with Gasteiger partial charge < -0.3 is 10.1 Å². The lowest BCUT2D eigenvalue weighted by atomic mass is 9.98. The summed E-state index contributed by atoms with van der Waals surface area (Å²) in [5.41, 5.74) is 6.40. The van der Waals surface area contributed by atoms with Crippen molar-refractivity contribution in [1.82, 2.24) is 5.32 Å². The summed E-state index contributed by atoms with van der Waals surface area (Å²) in [6, 6.07) is 24.0. The van der Waals surface area contributed by atoms with Gasteiger partial charge in [0, 0.05) is 18.0 Å². The zero-order valence-electron chi connectivity index (χ0n) is 17.5. The number of hydrogen-bond acceptors (Lipinski definition) is 3. The molecule has 0 radical (unpaired) electrons. The van der Waals surface area contributed by atoms with Crippen LogP contribution in [0.1, 0.15) is 46.3 Å². The number of rotatable bonds is 7. The Hall–Kier alpha value is -3.66. The summed E-state index contributed by atoms with van der Waals surface area (Å²) < 4.78 is 5.54. The Kier molecular flexibility index (Phi) is 6.27. The molecule has 0 atom stereocenters. The molecule has 0 saturated carbocycles. The van der Waals surface area contributed by atoms with Gasteiger partial charge >= 0.3 is 6.09 Å². The van der Waals surface area contributed by atoms with E-state index in [1.165, 1.54) is 22.3 Å². The van der Waals surface area contributed by atoms with Crippen LogP contribution in [-0.2, 0) is 4.74 Å². The zero-order valence-corrected chi connectivity index (χ0v) is 17.5. The van der Waals surface area contributed by atoms with E-state index in [1.54, 1.807) is 6.92 Å². The van der Waals surface area contributed by atoms with Crippen molar-refractivity contribution < 1.29 is 14.3 Å². The van der Waals surface area contributed by atoms with Gasteiger partial charge in [0.25, 0.3) is 0 Å². The molecule has 0 aliphatic heterocycles. The van der Waals surface area contributed by atoms with Gasteiger partial charge in [0.15, 0.2) is 5.78 Å². The molecule has 31 heavy (non-hydrogen) atoms. The lowest BCUT2D eigenvalue weighted by molar-refractivity contribution is 0.101. The molecule has 0 spiro atoms. The van der Waals surface area contributed by atoms with E-state index in [9.17, 15) is 9.59 Å². The summed E-state index contributed by atoms with van der Waals surface area (Å²) in [6.45, 7) is 2.34. The summed E-state index contributed by atoms with van der Waals surface area (Å²) in [7, 11) is 0. The van der Waals surface area contributed by atoms with E-state index in [1.807, 2.05) is 60.7 Å². The topological polar surface area (TPSA) is 55.4 Å². The molecule has 4 nitrogen and oxygen atoms in total. The first-order valence-corrected chi connectivity index (χ1v) is 10.5. The van der Waals surface area contributed by atoms with Gasteiger partial charge in [-0.2, -0.15) is 0 Å². The first-order valence-electron chi connectivity index (χ1n) is 10.5. The molecule has 1 aliphatic rings. The largest absolute Gasteiger partial charge is 0.449 e. The van der Waals surface area contributed by atoms with E-state index in [4.69, 9.17) is 4.74 Å². The predicted molar refractivity (Wildman–Crippen MR) is 123 cm³/mol. The Balaban J connectivity index is 1.29. The van der Waals surface area contributed by atoms with Crippen LogP contribution in [0.3, 0.4) is 0 Å². The highest BCUT2D eigenvalue weighted by Crippen LogP contribution is 2.44. The molecule has 0 unspecified atom stereocenters. The summed E-state index contributed by atoms with van der Waals surface area (Å²) in [5.74, 6) is 0.0955. The average molecular weight is 412 g/mol. The van der Waals surface area contributed by atoms with E-state index in [0.29, 0.717) is 25.1 Å². The summed E-state index contributed by atoms with van der Waals surface area (Å²) >= 11 is 0. The molecule has 0 aromatic heterocycles. The van der Waals surface area contributed by atoms with Gasteiger partial charge in [0.2, 0.25) is 0 Å². The SMILES string of the molecule is CC(=O)c1ccccc1C=CCCNC(=O)OCC1c2ccccc2-c2ccccc21. The Morgan fingerprint density at radius 1 is 0.903 bits per heavy atom. The maximum atomic E-state index is 12.2. The summed E-state index contributed by atoms with van der Waals surface area (Å²) in [5, 5.41) is 2.80. The van der Waals surface area contributed by atoms with Gasteiger partial charge in [-0.3, -0.25) is 4.79 Å². The molecule has 4 rings (SSSR count). The second-order valence-corrected chi connectivity index (χ2v) is 7.59. The third-order valence-corrected chi connectivity index (χ3v) is 5.56. The number of alkyl carbamates (subject to hydrolysis) is 1. The molecule has 0 heterocycles. The highest BCUT2D eigenvalue weighted by atomic mass is 16.5. The van der Waals surface area contributed by atoms with Crippen LogP contribution in [-0.4, -0.2) is 25.0 Å². The minimum atomic E-state index is -0.417. The fraction of sp³-hybridized carbons (Fsp3) is 0.185. The number of Topliss-reactive ketones (excluding diaryl/α,β-unsaturated/α-hetero) is 1. The quantitative estimate of drug-likeness (QED) is 0.393. The monoisotopic (exact) mass is 411 g/mol. The number of carbonyl (C=O) groups is 2. The Morgan fingerprint density at radius 2 is 1.52 bits per heavy atom.